The molecule has 0 unspecified atom stereocenters. The fraction of sp³-hybridized carbons (Fsp3) is 0.467. The van der Waals surface area contributed by atoms with Crippen LogP contribution in [0.1, 0.15) is 22.8 Å². The molecular formula is C15H19FN2O2. The van der Waals surface area contributed by atoms with Crippen molar-refractivity contribution in [1.82, 2.24) is 9.80 Å². The predicted octanol–water partition coefficient (Wildman–Crippen LogP) is 1.48. The van der Waals surface area contributed by atoms with E-state index in [9.17, 15) is 14.0 Å². The molecule has 1 aromatic carbocycles. The molecule has 0 aliphatic carbocycles. The number of halogens is 1. The predicted molar refractivity (Wildman–Crippen MR) is 74.2 cm³/mol. The molecule has 4 nitrogen and oxygen atoms in total. The summed E-state index contributed by atoms with van der Waals surface area (Å²) in [5.41, 5.74) is 1.02. The summed E-state index contributed by atoms with van der Waals surface area (Å²) >= 11 is 0. The van der Waals surface area contributed by atoms with Crippen LogP contribution in [-0.2, 0) is 4.79 Å². The molecule has 1 saturated heterocycles. The molecule has 1 amide bonds. The van der Waals surface area contributed by atoms with E-state index in [2.05, 4.69) is 0 Å². The van der Waals surface area contributed by atoms with Crippen molar-refractivity contribution in [3.63, 3.8) is 0 Å². The summed E-state index contributed by atoms with van der Waals surface area (Å²) in [4.78, 5) is 27.2. The van der Waals surface area contributed by atoms with E-state index in [0.29, 0.717) is 43.9 Å². The maximum atomic E-state index is 13.2. The van der Waals surface area contributed by atoms with E-state index in [1.807, 2.05) is 4.90 Å². The van der Waals surface area contributed by atoms with Crippen molar-refractivity contribution in [2.75, 3.05) is 32.7 Å². The molecule has 20 heavy (non-hydrogen) atoms. The second-order valence-corrected chi connectivity index (χ2v) is 5.17. The third kappa shape index (κ3) is 3.42. The Morgan fingerprint density at radius 3 is 2.40 bits per heavy atom. The minimum absolute atomic E-state index is 0.00984. The molecule has 0 aromatic heterocycles. The summed E-state index contributed by atoms with van der Waals surface area (Å²) in [6, 6.07) is 4.44. The van der Waals surface area contributed by atoms with Gasteiger partial charge in [0, 0.05) is 38.7 Å². The molecule has 1 fully saturated rings. The highest BCUT2D eigenvalue weighted by Crippen LogP contribution is 2.11. The van der Waals surface area contributed by atoms with Crippen LogP contribution in [0.2, 0.25) is 0 Å². The van der Waals surface area contributed by atoms with Gasteiger partial charge in [0.15, 0.2) is 5.78 Å². The molecule has 0 radical (unpaired) electrons. The van der Waals surface area contributed by atoms with E-state index < -0.39 is 0 Å². The third-order valence-corrected chi connectivity index (χ3v) is 3.66. The first-order valence-electron chi connectivity index (χ1n) is 6.74. The molecule has 2 rings (SSSR count). The van der Waals surface area contributed by atoms with Crippen molar-refractivity contribution in [2.24, 2.45) is 0 Å². The Morgan fingerprint density at radius 1 is 1.20 bits per heavy atom. The molecule has 5 heteroatoms. The first-order valence-corrected chi connectivity index (χ1v) is 6.74. The van der Waals surface area contributed by atoms with Crippen LogP contribution in [0.15, 0.2) is 18.2 Å². The molecule has 0 N–H and O–H groups in total. The van der Waals surface area contributed by atoms with Crippen molar-refractivity contribution in [2.45, 2.75) is 13.8 Å². The van der Waals surface area contributed by atoms with Crippen molar-refractivity contribution >= 4 is 11.7 Å². The van der Waals surface area contributed by atoms with Gasteiger partial charge < -0.3 is 4.90 Å². The summed E-state index contributed by atoms with van der Waals surface area (Å²) in [7, 11) is 0. The summed E-state index contributed by atoms with van der Waals surface area (Å²) < 4.78 is 13.2. The van der Waals surface area contributed by atoms with Gasteiger partial charge in [-0.2, -0.15) is 0 Å². The van der Waals surface area contributed by atoms with Gasteiger partial charge in [0.1, 0.15) is 5.82 Å². The number of hydrogen-bond donors (Lipinski definition) is 0. The first-order chi connectivity index (χ1) is 9.47. The summed E-state index contributed by atoms with van der Waals surface area (Å²) in [6.07, 6.45) is 0. The maximum absolute atomic E-state index is 13.2. The monoisotopic (exact) mass is 278 g/mol. The zero-order valence-corrected chi connectivity index (χ0v) is 11.9. The average Bonchev–Trinajstić information content (AvgIpc) is 2.42. The fourth-order valence-electron chi connectivity index (χ4n) is 2.33. The number of nitrogens with zero attached hydrogens (tertiary/aromatic N) is 2. The van der Waals surface area contributed by atoms with Gasteiger partial charge in [0.05, 0.1) is 6.54 Å². The largest absolute Gasteiger partial charge is 0.340 e. The minimum atomic E-state index is -0.295. The first kappa shape index (κ1) is 14.7. The number of rotatable bonds is 3. The molecule has 108 valence electrons. The van der Waals surface area contributed by atoms with Gasteiger partial charge >= 0.3 is 0 Å². The summed E-state index contributed by atoms with van der Waals surface area (Å²) in [5.74, 6) is -0.230. The Kier molecular flexibility index (Phi) is 4.49. The number of amides is 1. The number of piperazine rings is 1. The lowest BCUT2D eigenvalue weighted by molar-refractivity contribution is -0.130. The van der Waals surface area contributed by atoms with Crippen molar-refractivity contribution < 1.29 is 14.0 Å². The number of ketones is 1. The summed E-state index contributed by atoms with van der Waals surface area (Å²) in [5, 5.41) is 0. The van der Waals surface area contributed by atoms with Crippen LogP contribution >= 0.6 is 0 Å². The molecule has 1 heterocycles. The number of hydrogen-bond acceptors (Lipinski definition) is 3. The van der Waals surface area contributed by atoms with Crippen LogP contribution in [0.5, 0.6) is 0 Å². The fourth-order valence-corrected chi connectivity index (χ4v) is 2.33. The quantitative estimate of drug-likeness (QED) is 0.786. The number of benzene rings is 1. The van der Waals surface area contributed by atoms with Gasteiger partial charge in [-0.1, -0.05) is 0 Å². The van der Waals surface area contributed by atoms with Crippen molar-refractivity contribution in [3.8, 4) is 0 Å². The molecule has 0 atom stereocenters. The topological polar surface area (TPSA) is 40.6 Å². The van der Waals surface area contributed by atoms with Gasteiger partial charge in [-0.3, -0.25) is 14.5 Å². The maximum Gasteiger partial charge on any atom is 0.219 e. The lowest BCUT2D eigenvalue weighted by Gasteiger charge is -2.33. The average molecular weight is 278 g/mol. The molecule has 1 aromatic rings. The molecule has 1 aliphatic heterocycles. The third-order valence-electron chi connectivity index (χ3n) is 3.66. The zero-order chi connectivity index (χ0) is 14.7. The Hall–Kier alpha value is -1.75. The SMILES string of the molecule is CC(=O)N1CCN(CC(=O)c2ccc(F)c(C)c2)CC1. The standard InChI is InChI=1S/C15H19FN2O2/c1-11-9-13(3-4-14(11)16)15(20)10-17-5-7-18(8-6-17)12(2)19/h3-4,9H,5-8,10H2,1-2H3. The molecule has 1 aliphatic rings. The Balaban J connectivity index is 1.92. The van der Waals surface area contributed by atoms with E-state index in [1.54, 1.807) is 24.8 Å². The van der Waals surface area contributed by atoms with E-state index in [1.165, 1.54) is 12.1 Å². The van der Waals surface area contributed by atoms with Crippen LogP contribution in [0.3, 0.4) is 0 Å². The highest BCUT2D eigenvalue weighted by molar-refractivity contribution is 5.97. The van der Waals surface area contributed by atoms with E-state index >= 15 is 0 Å². The van der Waals surface area contributed by atoms with Crippen molar-refractivity contribution in [3.05, 3.63) is 35.1 Å². The number of carbonyl (C=O) groups excluding carboxylic acids is 2. The Bertz CT molecular complexity index is 523. The Morgan fingerprint density at radius 2 is 1.85 bits per heavy atom. The zero-order valence-electron chi connectivity index (χ0n) is 11.9. The van der Waals surface area contributed by atoms with E-state index in [-0.39, 0.29) is 17.5 Å². The van der Waals surface area contributed by atoms with Crippen LogP contribution in [0, 0.1) is 12.7 Å². The van der Waals surface area contributed by atoms with Crippen molar-refractivity contribution in [1.29, 1.82) is 0 Å². The molecule has 0 bridgehead atoms. The minimum Gasteiger partial charge on any atom is -0.340 e. The molecular weight excluding hydrogens is 259 g/mol. The highest BCUT2D eigenvalue weighted by atomic mass is 19.1. The second-order valence-electron chi connectivity index (χ2n) is 5.17. The molecule has 0 saturated carbocycles. The number of Topliss-reactive ketones (excluding diaryl/α,β-unsaturated/α-hetero) is 1. The summed E-state index contributed by atoms with van der Waals surface area (Å²) in [6.45, 7) is 6.24. The van der Waals surface area contributed by atoms with Crippen LogP contribution < -0.4 is 0 Å². The highest BCUT2D eigenvalue weighted by Gasteiger charge is 2.20. The smallest absolute Gasteiger partial charge is 0.219 e. The van der Waals surface area contributed by atoms with Crippen LogP contribution in [-0.4, -0.2) is 54.2 Å². The van der Waals surface area contributed by atoms with Gasteiger partial charge in [-0.05, 0) is 30.7 Å². The Labute approximate surface area is 118 Å². The van der Waals surface area contributed by atoms with Gasteiger partial charge in [-0.15, -0.1) is 0 Å². The normalized spacial score (nSPS) is 16.2. The van der Waals surface area contributed by atoms with Crippen LogP contribution in [0.4, 0.5) is 4.39 Å². The number of aryl methyl sites for hydroxylation is 1. The van der Waals surface area contributed by atoms with Gasteiger partial charge in [-0.25, -0.2) is 4.39 Å². The second kappa shape index (κ2) is 6.13. The van der Waals surface area contributed by atoms with E-state index in [0.717, 1.165) is 0 Å². The van der Waals surface area contributed by atoms with E-state index in [4.69, 9.17) is 0 Å². The molecule has 0 spiro atoms. The number of carbonyl (C=O) groups is 2. The lowest BCUT2D eigenvalue weighted by Crippen LogP contribution is -2.49. The lowest BCUT2D eigenvalue weighted by atomic mass is 10.1. The van der Waals surface area contributed by atoms with Gasteiger partial charge in [0.25, 0.3) is 0 Å². The van der Waals surface area contributed by atoms with Gasteiger partial charge in [0.2, 0.25) is 5.91 Å². The van der Waals surface area contributed by atoms with Crippen LogP contribution in [0.25, 0.3) is 0 Å².